The Morgan fingerprint density at radius 3 is 2.03 bits per heavy atom. The number of anilines is 1. The molecule has 2 aromatic rings. The van der Waals surface area contributed by atoms with Crippen LogP contribution in [0.25, 0.3) is 0 Å². The van der Waals surface area contributed by atoms with Crippen molar-refractivity contribution in [3.05, 3.63) is 47.0 Å². The number of halogens is 1. The van der Waals surface area contributed by atoms with Crippen LogP contribution < -0.4 is 24.8 Å². The van der Waals surface area contributed by atoms with E-state index in [9.17, 15) is 9.59 Å². The van der Waals surface area contributed by atoms with Gasteiger partial charge in [-0.2, -0.15) is 0 Å². The molecule has 2 aromatic carbocycles. The van der Waals surface area contributed by atoms with E-state index in [1.807, 2.05) is 13.8 Å². The van der Waals surface area contributed by atoms with Crippen molar-refractivity contribution in [2.24, 2.45) is 5.92 Å². The molecule has 0 radical (unpaired) electrons. The van der Waals surface area contributed by atoms with Crippen LogP contribution in [0.15, 0.2) is 36.4 Å². The molecule has 162 valence electrons. The molecule has 2 N–H and O–H groups in total. The van der Waals surface area contributed by atoms with E-state index in [0.29, 0.717) is 39.9 Å². The highest BCUT2D eigenvalue weighted by molar-refractivity contribution is 6.30. The Morgan fingerprint density at radius 1 is 1.00 bits per heavy atom. The predicted molar refractivity (Wildman–Crippen MR) is 117 cm³/mol. The SMILES string of the molecule is CC[C@H](C)[C@H](NC(=O)c1ccc(Cl)cc1)C(=O)Nc1cc(OC)c(OC)c(OC)c1. The fourth-order valence-corrected chi connectivity index (χ4v) is 3.03. The van der Waals surface area contributed by atoms with Gasteiger partial charge in [0, 0.05) is 28.4 Å². The van der Waals surface area contributed by atoms with E-state index < -0.39 is 6.04 Å². The second kappa shape index (κ2) is 10.7. The molecule has 2 amide bonds. The molecule has 0 spiro atoms. The number of benzene rings is 2. The third-order valence-corrected chi connectivity index (χ3v) is 5.07. The van der Waals surface area contributed by atoms with Crippen molar-refractivity contribution in [2.45, 2.75) is 26.3 Å². The molecule has 0 saturated carbocycles. The Balaban J connectivity index is 2.25. The number of ether oxygens (including phenoxy) is 3. The molecule has 0 aromatic heterocycles. The summed E-state index contributed by atoms with van der Waals surface area (Å²) in [5.41, 5.74) is 0.886. The molecule has 30 heavy (non-hydrogen) atoms. The summed E-state index contributed by atoms with van der Waals surface area (Å²) in [6.45, 7) is 3.86. The van der Waals surface area contributed by atoms with Gasteiger partial charge in [-0.3, -0.25) is 9.59 Å². The minimum Gasteiger partial charge on any atom is -0.493 e. The maximum atomic E-state index is 13.0. The van der Waals surface area contributed by atoms with E-state index in [1.165, 1.54) is 21.3 Å². The largest absolute Gasteiger partial charge is 0.493 e. The van der Waals surface area contributed by atoms with E-state index in [2.05, 4.69) is 10.6 Å². The summed E-state index contributed by atoms with van der Waals surface area (Å²) in [4.78, 5) is 25.7. The second-order valence-electron chi connectivity index (χ2n) is 6.75. The van der Waals surface area contributed by atoms with E-state index in [0.717, 1.165) is 0 Å². The number of amides is 2. The Kier molecular flexibility index (Phi) is 8.35. The lowest BCUT2D eigenvalue weighted by atomic mass is 9.97. The zero-order valence-corrected chi connectivity index (χ0v) is 18.5. The van der Waals surface area contributed by atoms with Gasteiger partial charge in [-0.15, -0.1) is 0 Å². The Labute approximate surface area is 181 Å². The summed E-state index contributed by atoms with van der Waals surface area (Å²) in [5, 5.41) is 6.19. The zero-order chi connectivity index (χ0) is 22.3. The molecule has 0 aliphatic rings. The fraction of sp³-hybridized carbons (Fsp3) is 0.364. The van der Waals surface area contributed by atoms with Gasteiger partial charge in [-0.1, -0.05) is 31.9 Å². The molecule has 2 rings (SSSR count). The van der Waals surface area contributed by atoms with E-state index in [1.54, 1.807) is 36.4 Å². The Morgan fingerprint density at radius 2 is 1.57 bits per heavy atom. The lowest BCUT2D eigenvalue weighted by Crippen LogP contribution is -2.47. The summed E-state index contributed by atoms with van der Waals surface area (Å²) < 4.78 is 16.0. The third-order valence-electron chi connectivity index (χ3n) is 4.82. The van der Waals surface area contributed by atoms with Crippen molar-refractivity contribution < 1.29 is 23.8 Å². The van der Waals surface area contributed by atoms with Crippen LogP contribution in [0.3, 0.4) is 0 Å². The second-order valence-corrected chi connectivity index (χ2v) is 7.18. The molecule has 0 aliphatic heterocycles. The average Bonchev–Trinajstić information content (AvgIpc) is 2.76. The van der Waals surface area contributed by atoms with E-state index in [-0.39, 0.29) is 17.7 Å². The molecule has 0 fully saturated rings. The van der Waals surface area contributed by atoms with Crippen molar-refractivity contribution in [2.75, 3.05) is 26.6 Å². The number of rotatable bonds is 9. The number of hydrogen-bond acceptors (Lipinski definition) is 5. The number of hydrogen-bond donors (Lipinski definition) is 2. The molecule has 8 heteroatoms. The van der Waals surface area contributed by atoms with Crippen LogP contribution in [-0.2, 0) is 4.79 Å². The van der Waals surface area contributed by atoms with Crippen LogP contribution in [0.4, 0.5) is 5.69 Å². The first-order valence-electron chi connectivity index (χ1n) is 9.51. The normalized spacial score (nSPS) is 12.5. The summed E-state index contributed by atoms with van der Waals surface area (Å²) in [7, 11) is 4.50. The van der Waals surface area contributed by atoms with Crippen molar-refractivity contribution in [1.29, 1.82) is 0 Å². The van der Waals surface area contributed by atoms with Crippen molar-refractivity contribution in [1.82, 2.24) is 5.32 Å². The minimum absolute atomic E-state index is 0.0942. The molecule has 0 aliphatic carbocycles. The third kappa shape index (κ3) is 5.57. The van der Waals surface area contributed by atoms with Crippen LogP contribution >= 0.6 is 11.6 Å². The smallest absolute Gasteiger partial charge is 0.251 e. The van der Waals surface area contributed by atoms with Gasteiger partial charge < -0.3 is 24.8 Å². The average molecular weight is 435 g/mol. The molecular formula is C22H27ClN2O5. The summed E-state index contributed by atoms with van der Waals surface area (Å²) in [6.07, 6.45) is 0.703. The van der Waals surface area contributed by atoms with Gasteiger partial charge in [0.05, 0.1) is 21.3 Å². The number of methoxy groups -OCH3 is 3. The topological polar surface area (TPSA) is 85.9 Å². The van der Waals surface area contributed by atoms with Crippen LogP contribution in [-0.4, -0.2) is 39.2 Å². The van der Waals surface area contributed by atoms with Gasteiger partial charge in [0.1, 0.15) is 6.04 Å². The monoisotopic (exact) mass is 434 g/mol. The highest BCUT2D eigenvalue weighted by atomic mass is 35.5. The van der Waals surface area contributed by atoms with Gasteiger partial charge >= 0.3 is 0 Å². The van der Waals surface area contributed by atoms with E-state index >= 15 is 0 Å². The van der Waals surface area contributed by atoms with E-state index in [4.69, 9.17) is 25.8 Å². The van der Waals surface area contributed by atoms with Crippen molar-refractivity contribution >= 4 is 29.1 Å². The van der Waals surface area contributed by atoms with Crippen LogP contribution in [0, 0.1) is 5.92 Å². The van der Waals surface area contributed by atoms with Crippen LogP contribution in [0.5, 0.6) is 17.2 Å². The number of carbonyl (C=O) groups is 2. The van der Waals surface area contributed by atoms with Crippen molar-refractivity contribution in [3.63, 3.8) is 0 Å². The first kappa shape index (κ1) is 23.3. The Bertz CT molecular complexity index is 861. The summed E-state index contributed by atoms with van der Waals surface area (Å²) in [5.74, 6) is 0.462. The van der Waals surface area contributed by atoms with Crippen LogP contribution in [0.2, 0.25) is 5.02 Å². The minimum atomic E-state index is -0.739. The lowest BCUT2D eigenvalue weighted by Gasteiger charge is -2.24. The molecule has 0 bridgehead atoms. The number of carbonyl (C=O) groups excluding carboxylic acids is 2. The summed E-state index contributed by atoms with van der Waals surface area (Å²) >= 11 is 5.88. The standard InChI is InChI=1S/C22H27ClN2O5/c1-6-13(2)19(25-21(26)14-7-9-15(23)10-8-14)22(27)24-16-11-17(28-3)20(30-5)18(12-16)29-4/h7-13,19H,6H2,1-5H3,(H,24,27)(H,25,26)/t13-,19-/m0/s1. The highest BCUT2D eigenvalue weighted by Gasteiger charge is 2.27. The highest BCUT2D eigenvalue weighted by Crippen LogP contribution is 2.40. The molecule has 0 heterocycles. The molecule has 7 nitrogen and oxygen atoms in total. The molecule has 0 unspecified atom stereocenters. The van der Waals surface area contributed by atoms with Crippen LogP contribution in [0.1, 0.15) is 30.6 Å². The maximum absolute atomic E-state index is 13.0. The maximum Gasteiger partial charge on any atom is 0.251 e. The quantitative estimate of drug-likeness (QED) is 0.619. The first-order valence-corrected chi connectivity index (χ1v) is 9.89. The Hall–Kier alpha value is -2.93. The van der Waals surface area contributed by atoms with Gasteiger partial charge in [-0.05, 0) is 30.2 Å². The van der Waals surface area contributed by atoms with Gasteiger partial charge in [0.2, 0.25) is 11.7 Å². The van der Waals surface area contributed by atoms with Gasteiger partial charge in [0.25, 0.3) is 5.91 Å². The van der Waals surface area contributed by atoms with Gasteiger partial charge in [-0.25, -0.2) is 0 Å². The molecular weight excluding hydrogens is 408 g/mol. The fourth-order valence-electron chi connectivity index (χ4n) is 2.90. The number of nitrogens with one attached hydrogen (secondary N) is 2. The summed E-state index contributed by atoms with van der Waals surface area (Å²) in [6, 6.07) is 9.01. The van der Waals surface area contributed by atoms with Crippen molar-refractivity contribution in [3.8, 4) is 17.2 Å². The first-order chi connectivity index (χ1) is 14.3. The predicted octanol–water partition coefficient (Wildman–Crippen LogP) is 4.15. The molecule has 2 atom stereocenters. The molecule has 0 saturated heterocycles. The lowest BCUT2D eigenvalue weighted by molar-refractivity contribution is -0.119. The van der Waals surface area contributed by atoms with Gasteiger partial charge in [0.15, 0.2) is 11.5 Å². The zero-order valence-electron chi connectivity index (χ0n) is 17.7.